The molecule has 1 unspecified atom stereocenters. The topological polar surface area (TPSA) is 59.4 Å². The summed E-state index contributed by atoms with van der Waals surface area (Å²) in [6, 6.07) is 1.34. The largest absolute Gasteiger partial charge is 0.405 e. The minimum atomic E-state index is -4.40. The molecule has 20 heavy (non-hydrogen) atoms. The molecule has 0 spiro atoms. The molecule has 1 rings (SSSR count). The van der Waals surface area contributed by atoms with Crippen molar-refractivity contribution in [3.8, 4) is 6.07 Å². The number of hydrogen-bond acceptors (Lipinski definition) is 3. The third-order valence-electron chi connectivity index (χ3n) is 3.19. The fraction of sp³-hybridized carbons (Fsp3) is 0.833. The summed E-state index contributed by atoms with van der Waals surface area (Å²) < 4.78 is 36.0. The van der Waals surface area contributed by atoms with Crippen molar-refractivity contribution in [2.24, 2.45) is 0 Å². The van der Waals surface area contributed by atoms with E-state index < -0.39 is 18.8 Å². The number of amides is 2. The Kier molecular flexibility index (Phi) is 6.07. The fourth-order valence-electron chi connectivity index (χ4n) is 2.13. The number of rotatable bonds is 4. The molecule has 1 atom stereocenters. The van der Waals surface area contributed by atoms with Crippen molar-refractivity contribution in [2.75, 3.05) is 32.7 Å². The van der Waals surface area contributed by atoms with Gasteiger partial charge in [0.1, 0.15) is 6.54 Å². The normalized spacial score (nSPS) is 18.4. The molecule has 0 saturated carbocycles. The maximum absolute atomic E-state index is 12.0. The second kappa shape index (κ2) is 7.33. The summed E-state index contributed by atoms with van der Waals surface area (Å²) in [5.41, 5.74) is 0. The van der Waals surface area contributed by atoms with Crippen LogP contribution >= 0.6 is 0 Å². The molecule has 0 bridgehead atoms. The van der Waals surface area contributed by atoms with E-state index in [1.165, 1.54) is 4.90 Å². The molecule has 114 valence electrons. The van der Waals surface area contributed by atoms with E-state index in [4.69, 9.17) is 5.26 Å². The van der Waals surface area contributed by atoms with Gasteiger partial charge in [-0.2, -0.15) is 18.4 Å². The Labute approximate surface area is 116 Å². The number of nitriles is 1. The lowest BCUT2D eigenvalue weighted by atomic mass is 10.1. The first-order valence-corrected chi connectivity index (χ1v) is 6.60. The van der Waals surface area contributed by atoms with Crippen molar-refractivity contribution >= 4 is 6.03 Å². The molecule has 1 fully saturated rings. The van der Waals surface area contributed by atoms with Gasteiger partial charge in [0.15, 0.2) is 0 Å². The lowest BCUT2D eigenvalue weighted by molar-refractivity contribution is -0.123. The summed E-state index contributed by atoms with van der Waals surface area (Å²) in [5.74, 6) is 0. The van der Waals surface area contributed by atoms with Crippen LogP contribution in [-0.2, 0) is 0 Å². The molecule has 1 aliphatic heterocycles. The molecular formula is C12H19F3N4O. The molecule has 1 aliphatic rings. The molecule has 0 radical (unpaired) electrons. The Hall–Kier alpha value is -1.49. The minimum Gasteiger partial charge on any atom is -0.329 e. The van der Waals surface area contributed by atoms with Gasteiger partial charge >= 0.3 is 12.2 Å². The molecule has 2 amide bonds. The highest BCUT2D eigenvalue weighted by Crippen LogP contribution is 2.13. The number of nitrogens with one attached hydrogen (secondary N) is 1. The molecule has 8 heteroatoms. The van der Waals surface area contributed by atoms with Gasteiger partial charge in [-0.05, 0) is 6.42 Å². The van der Waals surface area contributed by atoms with Crippen molar-refractivity contribution in [2.45, 2.75) is 32.0 Å². The van der Waals surface area contributed by atoms with E-state index >= 15 is 0 Å². The predicted molar refractivity (Wildman–Crippen MR) is 66.9 cm³/mol. The summed E-state index contributed by atoms with van der Waals surface area (Å²) in [6.45, 7) is 2.38. The van der Waals surface area contributed by atoms with Crippen LogP contribution in [0.25, 0.3) is 0 Å². The molecule has 0 aromatic heterocycles. The van der Waals surface area contributed by atoms with Crippen LogP contribution in [0.2, 0.25) is 0 Å². The molecule has 1 heterocycles. The maximum Gasteiger partial charge on any atom is 0.405 e. The monoisotopic (exact) mass is 292 g/mol. The SMILES string of the molecule is CCCC(C#N)N1CCN(C(=O)NCC(F)(F)F)CC1. The summed E-state index contributed by atoms with van der Waals surface area (Å²) >= 11 is 0. The fourth-order valence-corrected chi connectivity index (χ4v) is 2.13. The van der Waals surface area contributed by atoms with Gasteiger partial charge in [-0.3, -0.25) is 4.90 Å². The van der Waals surface area contributed by atoms with Crippen LogP contribution in [0.3, 0.4) is 0 Å². The van der Waals surface area contributed by atoms with Crippen molar-refractivity contribution < 1.29 is 18.0 Å². The molecule has 0 aromatic rings. The van der Waals surface area contributed by atoms with Crippen LogP contribution in [0, 0.1) is 11.3 Å². The number of carbonyl (C=O) groups is 1. The summed E-state index contributed by atoms with van der Waals surface area (Å²) in [4.78, 5) is 14.9. The number of nitrogens with zero attached hydrogens (tertiary/aromatic N) is 3. The zero-order chi connectivity index (χ0) is 15.2. The third-order valence-corrected chi connectivity index (χ3v) is 3.19. The number of hydrogen-bond donors (Lipinski definition) is 1. The minimum absolute atomic E-state index is 0.180. The number of alkyl halides is 3. The van der Waals surface area contributed by atoms with Gasteiger partial charge in [-0.1, -0.05) is 13.3 Å². The van der Waals surface area contributed by atoms with Gasteiger partial charge in [0.2, 0.25) is 0 Å². The second-order valence-corrected chi connectivity index (χ2v) is 4.73. The molecule has 0 aromatic carbocycles. The molecule has 1 saturated heterocycles. The number of halogens is 3. The highest BCUT2D eigenvalue weighted by molar-refractivity contribution is 5.74. The highest BCUT2D eigenvalue weighted by atomic mass is 19.4. The van der Waals surface area contributed by atoms with E-state index in [0.29, 0.717) is 26.2 Å². The molecular weight excluding hydrogens is 273 g/mol. The van der Waals surface area contributed by atoms with E-state index in [2.05, 4.69) is 6.07 Å². The summed E-state index contributed by atoms with van der Waals surface area (Å²) in [5, 5.41) is 10.9. The Balaban J connectivity index is 2.38. The van der Waals surface area contributed by atoms with E-state index in [0.717, 1.165) is 12.8 Å². The first-order valence-electron chi connectivity index (χ1n) is 6.60. The van der Waals surface area contributed by atoms with Crippen LogP contribution in [0.4, 0.5) is 18.0 Å². The number of urea groups is 1. The van der Waals surface area contributed by atoms with Crippen LogP contribution in [0.1, 0.15) is 19.8 Å². The van der Waals surface area contributed by atoms with Crippen LogP contribution in [-0.4, -0.2) is 60.8 Å². The van der Waals surface area contributed by atoms with Gasteiger partial charge in [0.05, 0.1) is 12.1 Å². The van der Waals surface area contributed by atoms with Gasteiger partial charge < -0.3 is 10.2 Å². The lowest BCUT2D eigenvalue weighted by Gasteiger charge is -2.36. The summed E-state index contributed by atoms with van der Waals surface area (Å²) in [7, 11) is 0. The first kappa shape index (κ1) is 16.6. The second-order valence-electron chi connectivity index (χ2n) is 4.73. The quantitative estimate of drug-likeness (QED) is 0.855. The van der Waals surface area contributed by atoms with Gasteiger partial charge in [0, 0.05) is 26.2 Å². The Morgan fingerprint density at radius 1 is 1.35 bits per heavy atom. The van der Waals surface area contributed by atoms with E-state index in [1.54, 1.807) is 0 Å². The first-order chi connectivity index (χ1) is 9.37. The average molecular weight is 292 g/mol. The number of carbonyl (C=O) groups excluding carboxylic acids is 1. The smallest absolute Gasteiger partial charge is 0.329 e. The van der Waals surface area contributed by atoms with E-state index in [1.807, 2.05) is 17.1 Å². The maximum atomic E-state index is 12.0. The molecule has 1 N–H and O–H groups in total. The Bertz CT molecular complexity index is 359. The zero-order valence-corrected chi connectivity index (χ0v) is 11.4. The molecule has 0 aliphatic carbocycles. The lowest BCUT2D eigenvalue weighted by Crippen LogP contribution is -2.54. The third kappa shape index (κ3) is 5.25. The van der Waals surface area contributed by atoms with Crippen molar-refractivity contribution in [1.29, 1.82) is 5.26 Å². The van der Waals surface area contributed by atoms with Gasteiger partial charge in [-0.25, -0.2) is 4.79 Å². The van der Waals surface area contributed by atoms with Crippen molar-refractivity contribution in [3.63, 3.8) is 0 Å². The van der Waals surface area contributed by atoms with Crippen molar-refractivity contribution in [1.82, 2.24) is 15.1 Å². The van der Waals surface area contributed by atoms with Gasteiger partial charge in [-0.15, -0.1) is 0 Å². The molecule has 5 nitrogen and oxygen atoms in total. The Morgan fingerprint density at radius 2 is 1.95 bits per heavy atom. The summed E-state index contributed by atoms with van der Waals surface area (Å²) in [6.07, 6.45) is -2.74. The van der Waals surface area contributed by atoms with Crippen LogP contribution in [0.5, 0.6) is 0 Å². The Morgan fingerprint density at radius 3 is 2.40 bits per heavy atom. The predicted octanol–water partition coefficient (Wildman–Crippen LogP) is 1.57. The average Bonchev–Trinajstić information content (AvgIpc) is 2.41. The van der Waals surface area contributed by atoms with E-state index in [-0.39, 0.29) is 6.04 Å². The van der Waals surface area contributed by atoms with Crippen LogP contribution < -0.4 is 5.32 Å². The van der Waals surface area contributed by atoms with Crippen molar-refractivity contribution in [3.05, 3.63) is 0 Å². The highest BCUT2D eigenvalue weighted by Gasteiger charge is 2.30. The van der Waals surface area contributed by atoms with E-state index in [9.17, 15) is 18.0 Å². The van der Waals surface area contributed by atoms with Crippen LogP contribution in [0.15, 0.2) is 0 Å². The standard InChI is InChI=1S/C12H19F3N4O/c1-2-3-10(8-16)18-4-6-19(7-5-18)11(20)17-9-12(13,14)15/h10H,2-7,9H2,1H3,(H,17,20). The zero-order valence-electron chi connectivity index (χ0n) is 11.4. The van der Waals surface area contributed by atoms with Gasteiger partial charge in [0.25, 0.3) is 0 Å². The number of piperazine rings is 1.